The monoisotopic (exact) mass is 308 g/mol. The van der Waals surface area contributed by atoms with Gasteiger partial charge in [-0.1, -0.05) is 24.0 Å². The lowest BCUT2D eigenvalue weighted by molar-refractivity contribution is -0.244. The van der Waals surface area contributed by atoms with Crippen LogP contribution >= 0.6 is 0 Å². The Bertz CT molecular complexity index is 637. The summed E-state index contributed by atoms with van der Waals surface area (Å²) < 4.78 is 73.7. The van der Waals surface area contributed by atoms with Crippen LogP contribution in [0.1, 0.15) is 11.1 Å². The highest BCUT2D eigenvalue weighted by atomic mass is 19.4. The quantitative estimate of drug-likeness (QED) is 0.365. The molecule has 9 heteroatoms. The molecule has 0 aliphatic heterocycles. The van der Waals surface area contributed by atoms with E-state index in [2.05, 4.69) is 4.85 Å². The largest absolute Gasteiger partial charge is 0.872 e. The maximum absolute atomic E-state index is 12.6. The van der Waals surface area contributed by atoms with E-state index >= 15 is 0 Å². The minimum Gasteiger partial charge on any atom is -0.872 e. The number of hydrogen-bond donors (Lipinski definition) is 0. The van der Waals surface area contributed by atoms with Crippen molar-refractivity contribution in [2.75, 3.05) is 0 Å². The van der Waals surface area contributed by atoms with Gasteiger partial charge in [-0.25, -0.2) is 4.85 Å². The van der Waals surface area contributed by atoms with Gasteiger partial charge in [0.15, 0.2) is 5.69 Å². The minimum absolute atomic E-state index is 0.232. The number of ketones is 1. The third-order valence-electron chi connectivity index (χ3n) is 2.25. The molecule has 0 spiro atoms. The molecular formula is C12H4F6NO2-. The van der Waals surface area contributed by atoms with Crippen LogP contribution < -0.4 is 5.11 Å². The molecule has 0 aliphatic rings. The van der Waals surface area contributed by atoms with Crippen molar-refractivity contribution in [3.8, 4) is 0 Å². The highest BCUT2D eigenvalue weighted by molar-refractivity contribution is 5.99. The topological polar surface area (TPSA) is 44.5 Å². The first-order chi connectivity index (χ1) is 9.46. The predicted molar refractivity (Wildman–Crippen MR) is 56.7 cm³/mol. The first-order valence-corrected chi connectivity index (χ1v) is 5.05. The molecule has 0 saturated heterocycles. The minimum atomic E-state index is -5.29. The van der Waals surface area contributed by atoms with Crippen LogP contribution in [-0.2, 0) is 11.0 Å². The lowest BCUT2D eigenvalue weighted by Gasteiger charge is -2.16. The second-order valence-corrected chi connectivity index (χ2v) is 3.71. The van der Waals surface area contributed by atoms with Crippen LogP contribution in [0.15, 0.2) is 24.3 Å². The first-order valence-electron chi connectivity index (χ1n) is 5.05. The zero-order valence-electron chi connectivity index (χ0n) is 9.84. The molecule has 0 atom stereocenters. The molecule has 0 bridgehead atoms. The number of allylic oxidation sites excluding steroid dienone is 1. The Balaban J connectivity index is 3.31. The lowest BCUT2D eigenvalue weighted by Crippen LogP contribution is -2.22. The van der Waals surface area contributed by atoms with Crippen molar-refractivity contribution in [3.05, 3.63) is 46.8 Å². The van der Waals surface area contributed by atoms with Gasteiger partial charge in [0.1, 0.15) is 0 Å². The zero-order valence-corrected chi connectivity index (χ0v) is 9.84. The highest BCUT2D eigenvalue weighted by Crippen LogP contribution is 2.37. The fourth-order valence-corrected chi connectivity index (χ4v) is 1.30. The first kappa shape index (κ1) is 16.6. The predicted octanol–water partition coefficient (Wildman–Crippen LogP) is 3.09. The molecule has 0 amide bonds. The Labute approximate surface area is 113 Å². The average molecular weight is 308 g/mol. The van der Waals surface area contributed by atoms with Crippen molar-refractivity contribution in [1.82, 2.24) is 0 Å². The number of halogens is 6. The summed E-state index contributed by atoms with van der Waals surface area (Å²) in [5.74, 6) is -4.00. The number of carbonyl (C=O) groups excluding carboxylic acids is 1. The van der Waals surface area contributed by atoms with Crippen LogP contribution in [0.4, 0.5) is 32.0 Å². The van der Waals surface area contributed by atoms with Crippen molar-refractivity contribution in [3.63, 3.8) is 0 Å². The summed E-state index contributed by atoms with van der Waals surface area (Å²) in [4.78, 5) is 13.2. The van der Waals surface area contributed by atoms with Crippen LogP contribution in [0.25, 0.3) is 10.6 Å². The Morgan fingerprint density at radius 3 is 2.19 bits per heavy atom. The molecule has 21 heavy (non-hydrogen) atoms. The van der Waals surface area contributed by atoms with Crippen LogP contribution in [-0.4, -0.2) is 12.0 Å². The smallest absolute Gasteiger partial charge is 0.454 e. The molecule has 0 heterocycles. The molecule has 3 nitrogen and oxygen atoms in total. The number of nitrogens with zero attached hydrogens (tertiary/aromatic N) is 1. The maximum atomic E-state index is 12.6. The number of rotatable bonds is 2. The summed E-state index contributed by atoms with van der Waals surface area (Å²) in [5, 5.41) is 11.4. The van der Waals surface area contributed by atoms with Gasteiger partial charge in [-0.2, -0.15) is 26.3 Å². The van der Waals surface area contributed by atoms with E-state index < -0.39 is 40.7 Å². The Hall–Kier alpha value is -2.50. The van der Waals surface area contributed by atoms with Gasteiger partial charge in [0.2, 0.25) is 0 Å². The van der Waals surface area contributed by atoms with Crippen molar-refractivity contribution < 1.29 is 36.2 Å². The highest BCUT2D eigenvalue weighted by Gasteiger charge is 2.36. The standard InChI is InChI=1S/C12H5F6NO2/c1-19-8-3-2-6(4-7(8)11(13,14)15)9(20)5-10(21)12(16,17)18/h2-5,20H/p-1/b9-5-. The summed E-state index contributed by atoms with van der Waals surface area (Å²) in [7, 11) is 0. The fourth-order valence-electron chi connectivity index (χ4n) is 1.30. The van der Waals surface area contributed by atoms with Gasteiger partial charge in [0.25, 0.3) is 5.78 Å². The van der Waals surface area contributed by atoms with Crippen LogP contribution in [0, 0.1) is 6.57 Å². The van der Waals surface area contributed by atoms with E-state index in [0.29, 0.717) is 6.07 Å². The zero-order chi connectivity index (χ0) is 16.4. The van der Waals surface area contributed by atoms with Crippen LogP contribution in [0.3, 0.4) is 0 Å². The molecule has 0 aliphatic carbocycles. The van der Waals surface area contributed by atoms with Crippen molar-refractivity contribution in [2.45, 2.75) is 12.4 Å². The molecule has 112 valence electrons. The van der Waals surface area contributed by atoms with Crippen molar-refractivity contribution in [1.29, 1.82) is 0 Å². The molecule has 1 aromatic carbocycles. The second kappa shape index (κ2) is 5.47. The SMILES string of the molecule is [C-]#[N+]c1ccc(/C([O-])=C/C(=O)C(F)(F)F)cc1C(F)(F)F. The van der Waals surface area contributed by atoms with E-state index in [4.69, 9.17) is 6.57 Å². The van der Waals surface area contributed by atoms with Crippen LogP contribution in [0.2, 0.25) is 0 Å². The van der Waals surface area contributed by atoms with Crippen molar-refractivity contribution >= 4 is 17.2 Å². The number of carbonyl (C=O) groups is 1. The van der Waals surface area contributed by atoms with Crippen LogP contribution in [0.5, 0.6) is 0 Å². The molecule has 0 N–H and O–H groups in total. The Kier molecular flexibility index (Phi) is 4.32. The summed E-state index contributed by atoms with van der Waals surface area (Å²) in [5.41, 5.74) is -3.04. The molecule has 1 rings (SSSR count). The average Bonchev–Trinajstić information content (AvgIpc) is 2.35. The second-order valence-electron chi connectivity index (χ2n) is 3.71. The Morgan fingerprint density at radius 1 is 1.19 bits per heavy atom. The third-order valence-corrected chi connectivity index (χ3v) is 2.25. The number of alkyl halides is 6. The number of benzene rings is 1. The van der Waals surface area contributed by atoms with E-state index in [1.165, 1.54) is 0 Å². The molecule has 1 aromatic rings. The molecular weight excluding hydrogens is 304 g/mol. The summed E-state index contributed by atoms with van der Waals surface area (Å²) in [6.07, 6.45) is -10.6. The summed E-state index contributed by atoms with van der Waals surface area (Å²) >= 11 is 0. The van der Waals surface area contributed by atoms with Gasteiger partial charge >= 0.3 is 12.4 Å². The molecule has 0 fully saturated rings. The summed E-state index contributed by atoms with van der Waals surface area (Å²) in [6.45, 7) is 6.57. The molecule has 0 saturated carbocycles. The van der Waals surface area contributed by atoms with E-state index in [9.17, 15) is 36.2 Å². The molecule has 0 aromatic heterocycles. The number of hydrogen-bond acceptors (Lipinski definition) is 2. The molecule has 0 radical (unpaired) electrons. The van der Waals surface area contributed by atoms with Gasteiger partial charge < -0.3 is 5.11 Å². The van der Waals surface area contributed by atoms with E-state index in [0.717, 1.165) is 6.07 Å². The molecule has 0 unspecified atom stereocenters. The van der Waals surface area contributed by atoms with Gasteiger partial charge in [-0.3, -0.25) is 4.79 Å². The van der Waals surface area contributed by atoms with Gasteiger partial charge in [0.05, 0.1) is 12.1 Å². The normalized spacial score (nSPS) is 12.9. The third kappa shape index (κ3) is 3.98. The van der Waals surface area contributed by atoms with Gasteiger partial charge in [-0.15, -0.1) is 0 Å². The van der Waals surface area contributed by atoms with E-state index in [-0.39, 0.29) is 12.1 Å². The van der Waals surface area contributed by atoms with Gasteiger partial charge in [-0.05, 0) is 11.6 Å². The van der Waals surface area contributed by atoms with Crippen molar-refractivity contribution in [2.24, 2.45) is 0 Å². The Morgan fingerprint density at radius 2 is 1.76 bits per heavy atom. The lowest BCUT2D eigenvalue weighted by atomic mass is 10.1. The van der Waals surface area contributed by atoms with Gasteiger partial charge in [0, 0.05) is 0 Å². The maximum Gasteiger partial charge on any atom is 0.454 e. The van der Waals surface area contributed by atoms with E-state index in [1.54, 1.807) is 0 Å². The fraction of sp³-hybridized carbons (Fsp3) is 0.167. The van der Waals surface area contributed by atoms with E-state index in [1.807, 2.05) is 0 Å². The summed E-state index contributed by atoms with van der Waals surface area (Å²) in [6, 6.07) is 1.62.